The maximum Gasteiger partial charge on any atom is 0.257 e. The normalized spacial score (nSPS) is 10.7. The molecule has 2 aromatic rings. The lowest BCUT2D eigenvalue weighted by molar-refractivity contribution is 0.102. The van der Waals surface area contributed by atoms with E-state index >= 15 is 0 Å². The molecule has 0 aliphatic heterocycles. The number of hydrogen-bond acceptors (Lipinski definition) is 7. The first-order valence-corrected chi connectivity index (χ1v) is 7.38. The molecule has 0 atom stereocenters. The van der Waals surface area contributed by atoms with Crippen LogP contribution in [0.15, 0.2) is 12.1 Å². The summed E-state index contributed by atoms with van der Waals surface area (Å²) in [6.07, 6.45) is 0.850. The summed E-state index contributed by atoms with van der Waals surface area (Å²) in [6.45, 7) is 6.02. The van der Waals surface area contributed by atoms with Gasteiger partial charge in [-0.15, -0.1) is 10.2 Å². The molecule has 0 unspecified atom stereocenters. The second kappa shape index (κ2) is 6.59. The van der Waals surface area contributed by atoms with Crippen molar-refractivity contribution in [3.8, 4) is 0 Å². The third-order valence-electron chi connectivity index (χ3n) is 2.63. The number of carbonyl (C=O) groups excluding carboxylic acids is 1. The molecule has 8 heteroatoms. The Morgan fingerprint density at radius 3 is 2.81 bits per heavy atom. The van der Waals surface area contributed by atoms with Crippen molar-refractivity contribution in [2.24, 2.45) is 11.8 Å². The molecule has 0 aliphatic carbocycles. The van der Waals surface area contributed by atoms with Gasteiger partial charge in [-0.3, -0.25) is 10.1 Å². The summed E-state index contributed by atoms with van der Waals surface area (Å²) in [4.78, 5) is 16.3. The zero-order chi connectivity index (χ0) is 15.4. The van der Waals surface area contributed by atoms with E-state index in [1.807, 2.05) is 0 Å². The van der Waals surface area contributed by atoms with Gasteiger partial charge in [0.2, 0.25) is 5.13 Å². The van der Waals surface area contributed by atoms with Gasteiger partial charge < -0.3 is 5.43 Å². The summed E-state index contributed by atoms with van der Waals surface area (Å²) in [6, 6.07) is 3.27. The highest BCUT2D eigenvalue weighted by atomic mass is 32.1. The standard InChI is InChI=1S/C13H18N6OS/c1-7(2)4-11-18-19-13(21-11)16-12(20)9-5-8(3)15-10(6-9)17-14/h5-7H,4,14H2,1-3H3,(H,15,17)(H,16,19,20). The van der Waals surface area contributed by atoms with Crippen molar-refractivity contribution in [1.82, 2.24) is 15.2 Å². The number of nitrogens with two attached hydrogens (primary N) is 1. The number of nitrogens with one attached hydrogen (secondary N) is 2. The van der Waals surface area contributed by atoms with Crippen LogP contribution in [0.25, 0.3) is 0 Å². The topological polar surface area (TPSA) is 106 Å². The maximum absolute atomic E-state index is 12.2. The van der Waals surface area contributed by atoms with Gasteiger partial charge in [-0.2, -0.15) is 0 Å². The lowest BCUT2D eigenvalue weighted by Crippen LogP contribution is -2.15. The molecule has 0 fully saturated rings. The SMILES string of the molecule is Cc1cc(C(=O)Nc2nnc(CC(C)C)s2)cc(NN)n1. The van der Waals surface area contributed by atoms with E-state index in [0.717, 1.165) is 11.4 Å². The van der Waals surface area contributed by atoms with Crippen LogP contribution < -0.4 is 16.6 Å². The Bertz CT molecular complexity index is 639. The van der Waals surface area contributed by atoms with E-state index in [1.165, 1.54) is 11.3 Å². The molecule has 0 spiro atoms. The second-order valence-electron chi connectivity index (χ2n) is 5.08. The van der Waals surface area contributed by atoms with Gasteiger partial charge in [-0.25, -0.2) is 10.8 Å². The van der Waals surface area contributed by atoms with Crippen molar-refractivity contribution in [2.45, 2.75) is 27.2 Å². The van der Waals surface area contributed by atoms with Gasteiger partial charge in [0.15, 0.2) is 0 Å². The van der Waals surface area contributed by atoms with Crippen molar-refractivity contribution >= 4 is 28.2 Å². The molecule has 2 aromatic heterocycles. The first-order valence-electron chi connectivity index (χ1n) is 6.57. The number of amides is 1. The summed E-state index contributed by atoms with van der Waals surface area (Å²) >= 11 is 1.39. The Labute approximate surface area is 127 Å². The molecular weight excluding hydrogens is 288 g/mol. The highest BCUT2D eigenvalue weighted by molar-refractivity contribution is 7.15. The highest BCUT2D eigenvalue weighted by Gasteiger charge is 2.12. The summed E-state index contributed by atoms with van der Waals surface area (Å²) < 4.78 is 0. The molecule has 0 aliphatic rings. The number of hydrogen-bond donors (Lipinski definition) is 3. The van der Waals surface area contributed by atoms with E-state index in [2.05, 4.69) is 39.8 Å². The third-order valence-corrected chi connectivity index (χ3v) is 3.49. The van der Waals surface area contributed by atoms with Crippen LogP contribution in [-0.4, -0.2) is 21.1 Å². The molecule has 21 heavy (non-hydrogen) atoms. The van der Waals surface area contributed by atoms with E-state index in [4.69, 9.17) is 5.84 Å². The van der Waals surface area contributed by atoms with Crippen molar-refractivity contribution in [3.63, 3.8) is 0 Å². The number of anilines is 2. The van der Waals surface area contributed by atoms with Crippen molar-refractivity contribution in [1.29, 1.82) is 0 Å². The van der Waals surface area contributed by atoms with Crippen LogP contribution in [0.4, 0.5) is 10.9 Å². The summed E-state index contributed by atoms with van der Waals surface area (Å²) in [5.41, 5.74) is 3.61. The minimum Gasteiger partial charge on any atom is -0.308 e. The van der Waals surface area contributed by atoms with Crippen LogP contribution in [-0.2, 0) is 6.42 Å². The molecule has 0 saturated heterocycles. The van der Waals surface area contributed by atoms with Crippen LogP contribution in [0.2, 0.25) is 0 Å². The van der Waals surface area contributed by atoms with Gasteiger partial charge in [0, 0.05) is 17.7 Å². The first kappa shape index (κ1) is 15.3. The van der Waals surface area contributed by atoms with Gasteiger partial charge in [0.05, 0.1) is 0 Å². The molecule has 4 N–H and O–H groups in total. The molecule has 0 aromatic carbocycles. The predicted octanol–water partition coefficient (Wildman–Crippen LogP) is 1.98. The number of aryl methyl sites for hydroxylation is 1. The van der Waals surface area contributed by atoms with Crippen LogP contribution >= 0.6 is 11.3 Å². The first-order chi connectivity index (χ1) is 9.97. The number of rotatable bonds is 5. The van der Waals surface area contributed by atoms with E-state index in [1.54, 1.807) is 19.1 Å². The van der Waals surface area contributed by atoms with Gasteiger partial charge in [-0.05, 0) is 25.0 Å². The van der Waals surface area contributed by atoms with Gasteiger partial charge in [-0.1, -0.05) is 25.2 Å². The fraction of sp³-hybridized carbons (Fsp3) is 0.385. The smallest absolute Gasteiger partial charge is 0.257 e. The average Bonchev–Trinajstić information content (AvgIpc) is 2.84. The molecule has 2 heterocycles. The van der Waals surface area contributed by atoms with E-state index in [-0.39, 0.29) is 5.91 Å². The Kier molecular flexibility index (Phi) is 4.81. The van der Waals surface area contributed by atoms with Gasteiger partial charge in [0.25, 0.3) is 5.91 Å². The van der Waals surface area contributed by atoms with Crippen LogP contribution in [0.3, 0.4) is 0 Å². The Balaban J connectivity index is 2.10. The Hall–Kier alpha value is -2.06. The van der Waals surface area contributed by atoms with Crippen molar-refractivity contribution in [2.75, 3.05) is 10.7 Å². The molecule has 0 bridgehead atoms. The van der Waals surface area contributed by atoms with E-state index < -0.39 is 0 Å². The average molecular weight is 306 g/mol. The number of nitrogen functional groups attached to an aromatic ring is 1. The molecule has 1 amide bonds. The lowest BCUT2D eigenvalue weighted by Gasteiger charge is -2.05. The number of pyridine rings is 1. The molecule has 0 saturated carbocycles. The highest BCUT2D eigenvalue weighted by Crippen LogP contribution is 2.19. The summed E-state index contributed by atoms with van der Waals surface area (Å²) in [5, 5.41) is 12.2. The zero-order valence-corrected chi connectivity index (χ0v) is 13.0. The largest absolute Gasteiger partial charge is 0.308 e. The molecular formula is C13H18N6OS. The van der Waals surface area contributed by atoms with Crippen molar-refractivity contribution < 1.29 is 4.79 Å². The molecule has 0 radical (unpaired) electrons. The summed E-state index contributed by atoms with van der Waals surface area (Å²) in [7, 11) is 0. The summed E-state index contributed by atoms with van der Waals surface area (Å²) in [5.74, 6) is 6.01. The predicted molar refractivity (Wildman–Crippen MR) is 83.2 cm³/mol. The number of hydrazine groups is 1. The molecule has 112 valence electrons. The third kappa shape index (κ3) is 4.20. The Morgan fingerprint density at radius 2 is 2.14 bits per heavy atom. The minimum atomic E-state index is -0.260. The van der Waals surface area contributed by atoms with Crippen LogP contribution in [0, 0.1) is 12.8 Å². The van der Waals surface area contributed by atoms with Gasteiger partial charge in [0.1, 0.15) is 10.8 Å². The van der Waals surface area contributed by atoms with Gasteiger partial charge >= 0.3 is 0 Å². The van der Waals surface area contributed by atoms with E-state index in [0.29, 0.717) is 28.1 Å². The zero-order valence-electron chi connectivity index (χ0n) is 12.2. The number of carbonyl (C=O) groups is 1. The Morgan fingerprint density at radius 1 is 1.38 bits per heavy atom. The molecule has 7 nitrogen and oxygen atoms in total. The second-order valence-corrected chi connectivity index (χ2v) is 6.14. The van der Waals surface area contributed by atoms with Crippen LogP contribution in [0.5, 0.6) is 0 Å². The fourth-order valence-electron chi connectivity index (χ4n) is 1.78. The monoisotopic (exact) mass is 306 g/mol. The lowest BCUT2D eigenvalue weighted by atomic mass is 10.1. The number of nitrogens with zero attached hydrogens (tertiary/aromatic N) is 3. The van der Waals surface area contributed by atoms with Crippen LogP contribution in [0.1, 0.15) is 34.9 Å². The molecule has 2 rings (SSSR count). The van der Waals surface area contributed by atoms with E-state index in [9.17, 15) is 4.79 Å². The maximum atomic E-state index is 12.2. The minimum absolute atomic E-state index is 0.260. The fourth-order valence-corrected chi connectivity index (χ4v) is 2.73. The quantitative estimate of drug-likeness (QED) is 0.576. The number of aromatic nitrogens is 3. The van der Waals surface area contributed by atoms with Crippen molar-refractivity contribution in [3.05, 3.63) is 28.4 Å².